The summed E-state index contributed by atoms with van der Waals surface area (Å²) in [5, 5.41) is 3.01. The van der Waals surface area contributed by atoms with Crippen LogP contribution in [0.25, 0.3) is 0 Å². The number of hydrogen-bond acceptors (Lipinski definition) is 1. The van der Waals surface area contributed by atoms with E-state index in [1.165, 1.54) is 25.7 Å². The molecule has 3 atom stereocenters. The maximum absolute atomic E-state index is 10.6. The Morgan fingerprint density at radius 2 is 2.21 bits per heavy atom. The average molecular weight is 197 g/mol. The van der Waals surface area contributed by atoms with Crippen molar-refractivity contribution in [3.63, 3.8) is 0 Å². The van der Waals surface area contributed by atoms with Gasteiger partial charge in [-0.2, -0.15) is 0 Å². The van der Waals surface area contributed by atoms with E-state index in [9.17, 15) is 4.79 Å². The normalized spacial score (nSPS) is 37.9. The van der Waals surface area contributed by atoms with Gasteiger partial charge in [0.15, 0.2) is 0 Å². The first-order chi connectivity index (χ1) is 6.65. The highest BCUT2D eigenvalue weighted by Gasteiger charge is 2.40. The molecule has 1 fully saturated rings. The molecule has 0 radical (unpaired) electrons. The molecule has 0 saturated heterocycles. The smallest absolute Gasteiger partial charge is 0.207 e. The second kappa shape index (κ2) is 4.81. The predicted octanol–water partition coefficient (Wildman–Crippen LogP) is 2.73. The lowest BCUT2D eigenvalue weighted by molar-refractivity contribution is -0.111. The molecule has 14 heavy (non-hydrogen) atoms. The van der Waals surface area contributed by atoms with Gasteiger partial charge in [-0.1, -0.05) is 40.0 Å². The quantitative estimate of drug-likeness (QED) is 0.690. The van der Waals surface area contributed by atoms with Gasteiger partial charge in [0.25, 0.3) is 0 Å². The third-order valence-corrected chi connectivity index (χ3v) is 4.11. The van der Waals surface area contributed by atoms with Crippen LogP contribution in [0.2, 0.25) is 0 Å². The Kier molecular flexibility index (Phi) is 3.97. The van der Waals surface area contributed by atoms with Crippen molar-refractivity contribution in [2.24, 2.45) is 11.3 Å². The Hall–Kier alpha value is -0.530. The number of rotatable bonds is 4. The van der Waals surface area contributed by atoms with Crippen LogP contribution in [-0.2, 0) is 4.79 Å². The van der Waals surface area contributed by atoms with Gasteiger partial charge in [0.05, 0.1) is 0 Å². The Morgan fingerprint density at radius 1 is 1.50 bits per heavy atom. The number of carbonyl (C=O) groups is 1. The average Bonchev–Trinajstić information content (AvgIpc) is 2.14. The molecule has 2 heteroatoms. The molecule has 3 unspecified atom stereocenters. The molecule has 1 aliphatic carbocycles. The molecule has 0 aromatic carbocycles. The first-order valence-electron chi connectivity index (χ1n) is 5.84. The fraction of sp³-hybridized carbons (Fsp3) is 0.917. The summed E-state index contributed by atoms with van der Waals surface area (Å²) in [7, 11) is 0. The fourth-order valence-electron chi connectivity index (χ4n) is 2.95. The molecule has 0 spiro atoms. The topological polar surface area (TPSA) is 29.1 Å². The molecule has 0 aromatic heterocycles. The Morgan fingerprint density at radius 3 is 2.79 bits per heavy atom. The first-order valence-corrected chi connectivity index (χ1v) is 5.84. The lowest BCUT2D eigenvalue weighted by Gasteiger charge is -2.46. The van der Waals surface area contributed by atoms with E-state index in [-0.39, 0.29) is 0 Å². The maximum Gasteiger partial charge on any atom is 0.207 e. The second-order valence-corrected chi connectivity index (χ2v) is 4.92. The van der Waals surface area contributed by atoms with Crippen molar-refractivity contribution in [2.45, 2.75) is 58.9 Å². The van der Waals surface area contributed by atoms with Crippen LogP contribution in [-0.4, -0.2) is 12.5 Å². The summed E-state index contributed by atoms with van der Waals surface area (Å²) in [6.45, 7) is 6.89. The molecule has 0 heterocycles. The second-order valence-electron chi connectivity index (χ2n) is 4.92. The van der Waals surface area contributed by atoms with Crippen molar-refractivity contribution in [1.29, 1.82) is 0 Å². The summed E-state index contributed by atoms with van der Waals surface area (Å²) >= 11 is 0. The minimum absolute atomic E-state index is 0.313. The van der Waals surface area contributed by atoms with Gasteiger partial charge in [-0.25, -0.2) is 0 Å². The van der Waals surface area contributed by atoms with Crippen molar-refractivity contribution >= 4 is 6.41 Å². The fourth-order valence-corrected chi connectivity index (χ4v) is 2.95. The van der Waals surface area contributed by atoms with Gasteiger partial charge in [-0.15, -0.1) is 0 Å². The van der Waals surface area contributed by atoms with Crippen LogP contribution in [0, 0.1) is 11.3 Å². The van der Waals surface area contributed by atoms with E-state index < -0.39 is 0 Å². The first kappa shape index (κ1) is 11.5. The SMILES string of the molecule is CCCC1(C)C(C)CCCC1NC=O. The summed E-state index contributed by atoms with van der Waals surface area (Å²) in [6, 6.07) is 0.392. The number of carbonyl (C=O) groups excluding carboxylic acids is 1. The van der Waals surface area contributed by atoms with E-state index in [2.05, 4.69) is 26.1 Å². The van der Waals surface area contributed by atoms with Gasteiger partial charge in [-0.3, -0.25) is 4.79 Å². The Balaban J connectivity index is 2.73. The summed E-state index contributed by atoms with van der Waals surface area (Å²) in [5.41, 5.74) is 0.313. The molecule has 1 N–H and O–H groups in total. The molecular formula is C12H23NO. The molecule has 1 rings (SSSR count). The minimum atomic E-state index is 0.313. The Bertz CT molecular complexity index is 193. The van der Waals surface area contributed by atoms with Gasteiger partial charge < -0.3 is 5.32 Å². The zero-order chi connectivity index (χ0) is 10.6. The zero-order valence-corrected chi connectivity index (χ0v) is 9.68. The third-order valence-electron chi connectivity index (χ3n) is 4.11. The van der Waals surface area contributed by atoms with Gasteiger partial charge in [0.1, 0.15) is 0 Å². The highest BCUT2D eigenvalue weighted by Crippen LogP contribution is 2.44. The summed E-state index contributed by atoms with van der Waals surface area (Å²) < 4.78 is 0. The number of amides is 1. The van der Waals surface area contributed by atoms with Crippen LogP contribution >= 0.6 is 0 Å². The summed E-state index contributed by atoms with van der Waals surface area (Å²) in [5.74, 6) is 0.730. The number of hydrogen-bond donors (Lipinski definition) is 1. The van der Waals surface area contributed by atoms with Crippen molar-refractivity contribution in [3.05, 3.63) is 0 Å². The molecule has 1 aliphatic rings. The third kappa shape index (κ3) is 2.10. The van der Waals surface area contributed by atoms with Crippen LogP contribution in [0.5, 0.6) is 0 Å². The van der Waals surface area contributed by atoms with E-state index in [1.54, 1.807) is 0 Å². The predicted molar refractivity (Wildman–Crippen MR) is 59.0 cm³/mol. The van der Waals surface area contributed by atoms with Crippen LogP contribution in [0.15, 0.2) is 0 Å². The summed E-state index contributed by atoms with van der Waals surface area (Å²) in [6.07, 6.45) is 7.02. The lowest BCUT2D eigenvalue weighted by atomic mass is 9.63. The molecule has 0 aromatic rings. The van der Waals surface area contributed by atoms with Crippen molar-refractivity contribution in [1.82, 2.24) is 5.32 Å². The minimum Gasteiger partial charge on any atom is -0.355 e. The lowest BCUT2D eigenvalue weighted by Crippen LogP contribution is -2.49. The highest BCUT2D eigenvalue weighted by atomic mass is 16.1. The van der Waals surface area contributed by atoms with E-state index in [1.807, 2.05) is 0 Å². The summed E-state index contributed by atoms with van der Waals surface area (Å²) in [4.78, 5) is 10.6. The van der Waals surface area contributed by atoms with Crippen molar-refractivity contribution < 1.29 is 4.79 Å². The van der Waals surface area contributed by atoms with E-state index in [0.717, 1.165) is 18.7 Å². The molecule has 2 nitrogen and oxygen atoms in total. The van der Waals surface area contributed by atoms with Crippen molar-refractivity contribution in [2.75, 3.05) is 0 Å². The monoisotopic (exact) mass is 197 g/mol. The van der Waals surface area contributed by atoms with Gasteiger partial charge in [0.2, 0.25) is 6.41 Å². The number of nitrogens with one attached hydrogen (secondary N) is 1. The van der Waals surface area contributed by atoms with Gasteiger partial charge in [0, 0.05) is 6.04 Å². The molecular weight excluding hydrogens is 174 g/mol. The van der Waals surface area contributed by atoms with E-state index in [0.29, 0.717) is 11.5 Å². The van der Waals surface area contributed by atoms with Gasteiger partial charge in [-0.05, 0) is 24.2 Å². The highest BCUT2D eigenvalue weighted by molar-refractivity contribution is 5.47. The zero-order valence-electron chi connectivity index (χ0n) is 9.68. The van der Waals surface area contributed by atoms with E-state index >= 15 is 0 Å². The Labute approximate surface area is 87.5 Å². The largest absolute Gasteiger partial charge is 0.355 e. The van der Waals surface area contributed by atoms with Crippen LogP contribution in [0.3, 0.4) is 0 Å². The van der Waals surface area contributed by atoms with E-state index in [4.69, 9.17) is 0 Å². The van der Waals surface area contributed by atoms with Crippen LogP contribution in [0.4, 0.5) is 0 Å². The van der Waals surface area contributed by atoms with Crippen molar-refractivity contribution in [3.8, 4) is 0 Å². The molecule has 0 aliphatic heterocycles. The maximum atomic E-state index is 10.6. The molecule has 82 valence electrons. The van der Waals surface area contributed by atoms with Gasteiger partial charge >= 0.3 is 0 Å². The molecule has 1 saturated carbocycles. The standard InChI is InChI=1S/C12H23NO/c1-4-8-12(3)10(2)6-5-7-11(12)13-9-14/h9-11H,4-8H2,1-3H3,(H,13,14). The van der Waals surface area contributed by atoms with Crippen LogP contribution < -0.4 is 5.32 Å². The van der Waals surface area contributed by atoms with Crippen LogP contribution in [0.1, 0.15) is 52.9 Å². The molecule has 1 amide bonds. The molecule has 0 bridgehead atoms.